The standard InChI is InChI=1S/C13H18N6OS/c1-8(7-19-6-2-5-15-19)16-12(20)10-11(14)18-13(21-10)17-9-3-4-9/h2,5-6,8-9H,3-4,7,14H2,1H3,(H,16,20)(H,17,18). The molecule has 0 radical (unpaired) electrons. The summed E-state index contributed by atoms with van der Waals surface area (Å²) in [5, 5.41) is 11.0. The molecule has 1 saturated carbocycles. The molecule has 1 amide bonds. The molecule has 1 fully saturated rings. The molecule has 0 aliphatic heterocycles. The summed E-state index contributed by atoms with van der Waals surface area (Å²) in [5.41, 5.74) is 5.83. The van der Waals surface area contributed by atoms with Gasteiger partial charge < -0.3 is 16.4 Å². The predicted molar refractivity (Wildman–Crippen MR) is 82.3 cm³/mol. The third-order valence-electron chi connectivity index (χ3n) is 3.16. The second-order valence-electron chi connectivity index (χ2n) is 5.25. The Kier molecular flexibility index (Phi) is 3.78. The molecule has 4 N–H and O–H groups in total. The summed E-state index contributed by atoms with van der Waals surface area (Å²) < 4.78 is 1.78. The first-order valence-electron chi connectivity index (χ1n) is 6.93. The number of nitrogens with two attached hydrogens (primary N) is 1. The molecule has 7 nitrogen and oxygen atoms in total. The number of aromatic nitrogens is 3. The Bertz CT molecular complexity index is 619. The number of anilines is 2. The summed E-state index contributed by atoms with van der Waals surface area (Å²) in [4.78, 5) is 16.9. The zero-order valence-corrected chi connectivity index (χ0v) is 12.6. The fourth-order valence-corrected chi connectivity index (χ4v) is 2.85. The van der Waals surface area contributed by atoms with Crippen LogP contribution in [0.3, 0.4) is 0 Å². The molecule has 2 heterocycles. The van der Waals surface area contributed by atoms with Crippen molar-refractivity contribution in [3.05, 3.63) is 23.3 Å². The fourth-order valence-electron chi connectivity index (χ4n) is 1.98. The molecule has 1 aliphatic rings. The van der Waals surface area contributed by atoms with Crippen LogP contribution in [0, 0.1) is 0 Å². The lowest BCUT2D eigenvalue weighted by Gasteiger charge is -2.13. The summed E-state index contributed by atoms with van der Waals surface area (Å²) in [6, 6.07) is 2.30. The monoisotopic (exact) mass is 306 g/mol. The Labute approximate surface area is 126 Å². The Balaban J connectivity index is 1.60. The molecule has 2 aromatic rings. The molecule has 112 valence electrons. The van der Waals surface area contributed by atoms with Gasteiger partial charge in [0.1, 0.15) is 10.7 Å². The molecular formula is C13H18N6OS. The van der Waals surface area contributed by atoms with Crippen LogP contribution in [0.5, 0.6) is 0 Å². The summed E-state index contributed by atoms with van der Waals surface area (Å²) in [6.07, 6.45) is 5.89. The summed E-state index contributed by atoms with van der Waals surface area (Å²) in [5.74, 6) is 0.0976. The van der Waals surface area contributed by atoms with Gasteiger partial charge in [0.05, 0.1) is 6.54 Å². The highest BCUT2D eigenvalue weighted by molar-refractivity contribution is 7.18. The van der Waals surface area contributed by atoms with Crippen LogP contribution in [0.15, 0.2) is 18.5 Å². The largest absolute Gasteiger partial charge is 0.382 e. The van der Waals surface area contributed by atoms with E-state index in [-0.39, 0.29) is 17.8 Å². The second-order valence-corrected chi connectivity index (χ2v) is 6.25. The first-order valence-corrected chi connectivity index (χ1v) is 7.74. The van der Waals surface area contributed by atoms with Gasteiger partial charge in [-0.3, -0.25) is 9.48 Å². The van der Waals surface area contributed by atoms with Gasteiger partial charge in [0.15, 0.2) is 5.13 Å². The van der Waals surface area contributed by atoms with E-state index in [9.17, 15) is 4.79 Å². The van der Waals surface area contributed by atoms with Crippen molar-refractivity contribution in [2.24, 2.45) is 0 Å². The summed E-state index contributed by atoms with van der Waals surface area (Å²) in [7, 11) is 0. The van der Waals surface area contributed by atoms with Gasteiger partial charge in [-0.2, -0.15) is 5.10 Å². The van der Waals surface area contributed by atoms with Crippen LogP contribution in [-0.2, 0) is 6.54 Å². The normalized spacial score (nSPS) is 15.7. The third kappa shape index (κ3) is 3.52. The van der Waals surface area contributed by atoms with Crippen molar-refractivity contribution < 1.29 is 4.79 Å². The zero-order valence-electron chi connectivity index (χ0n) is 11.7. The van der Waals surface area contributed by atoms with Crippen LogP contribution < -0.4 is 16.4 Å². The number of nitrogen functional groups attached to an aromatic ring is 1. The SMILES string of the molecule is CC(Cn1cccn1)NC(=O)c1sc(NC2CC2)nc1N. The van der Waals surface area contributed by atoms with E-state index in [1.54, 1.807) is 10.9 Å². The van der Waals surface area contributed by atoms with Crippen molar-refractivity contribution in [1.29, 1.82) is 0 Å². The highest BCUT2D eigenvalue weighted by atomic mass is 32.1. The van der Waals surface area contributed by atoms with Gasteiger partial charge >= 0.3 is 0 Å². The molecule has 21 heavy (non-hydrogen) atoms. The maximum atomic E-state index is 12.2. The fraction of sp³-hybridized carbons (Fsp3) is 0.462. The first-order chi connectivity index (χ1) is 10.1. The van der Waals surface area contributed by atoms with Crippen molar-refractivity contribution in [2.75, 3.05) is 11.1 Å². The Morgan fingerprint density at radius 1 is 1.62 bits per heavy atom. The molecule has 0 spiro atoms. The Hall–Kier alpha value is -2.09. The van der Waals surface area contributed by atoms with E-state index in [1.165, 1.54) is 11.3 Å². The minimum atomic E-state index is -0.187. The molecule has 8 heteroatoms. The molecule has 0 aromatic carbocycles. The van der Waals surface area contributed by atoms with E-state index in [0.717, 1.165) is 18.0 Å². The number of carbonyl (C=O) groups excluding carboxylic acids is 1. The van der Waals surface area contributed by atoms with E-state index in [1.807, 2.05) is 19.2 Å². The maximum Gasteiger partial charge on any atom is 0.265 e. The highest BCUT2D eigenvalue weighted by Gasteiger charge is 2.24. The number of thiazole rings is 1. The first kappa shape index (κ1) is 13.9. The minimum Gasteiger partial charge on any atom is -0.382 e. The van der Waals surface area contributed by atoms with Crippen LogP contribution in [-0.4, -0.2) is 32.8 Å². The number of hydrogen-bond acceptors (Lipinski definition) is 6. The van der Waals surface area contributed by atoms with Gasteiger partial charge in [0.2, 0.25) is 0 Å². The average Bonchev–Trinajstić information content (AvgIpc) is 2.94. The van der Waals surface area contributed by atoms with Crippen molar-refractivity contribution in [3.63, 3.8) is 0 Å². The number of hydrogen-bond donors (Lipinski definition) is 3. The average molecular weight is 306 g/mol. The van der Waals surface area contributed by atoms with Crippen LogP contribution in [0.4, 0.5) is 10.9 Å². The van der Waals surface area contributed by atoms with Crippen molar-refractivity contribution in [2.45, 2.75) is 38.4 Å². The molecule has 3 rings (SSSR count). The Morgan fingerprint density at radius 3 is 3.10 bits per heavy atom. The van der Waals surface area contributed by atoms with E-state index in [4.69, 9.17) is 5.73 Å². The Morgan fingerprint density at radius 2 is 2.43 bits per heavy atom. The van der Waals surface area contributed by atoms with Crippen molar-refractivity contribution >= 4 is 28.2 Å². The quantitative estimate of drug-likeness (QED) is 0.747. The molecule has 0 saturated heterocycles. The number of amides is 1. The number of nitrogens with zero attached hydrogens (tertiary/aromatic N) is 3. The lowest BCUT2D eigenvalue weighted by atomic mass is 10.3. The lowest BCUT2D eigenvalue weighted by Crippen LogP contribution is -2.35. The van der Waals surface area contributed by atoms with Crippen LogP contribution >= 0.6 is 11.3 Å². The molecule has 2 aromatic heterocycles. The maximum absolute atomic E-state index is 12.2. The van der Waals surface area contributed by atoms with E-state index in [2.05, 4.69) is 20.7 Å². The smallest absolute Gasteiger partial charge is 0.265 e. The van der Waals surface area contributed by atoms with Crippen LogP contribution in [0.1, 0.15) is 29.4 Å². The van der Waals surface area contributed by atoms with Gasteiger partial charge in [-0.15, -0.1) is 0 Å². The highest BCUT2D eigenvalue weighted by Crippen LogP contribution is 2.30. The molecule has 1 atom stereocenters. The zero-order chi connectivity index (χ0) is 14.8. The van der Waals surface area contributed by atoms with Gasteiger partial charge in [-0.1, -0.05) is 11.3 Å². The van der Waals surface area contributed by atoms with E-state index < -0.39 is 0 Å². The minimum absolute atomic E-state index is 0.0428. The third-order valence-corrected chi connectivity index (χ3v) is 4.16. The van der Waals surface area contributed by atoms with Crippen molar-refractivity contribution in [3.8, 4) is 0 Å². The molecule has 0 bridgehead atoms. The second kappa shape index (κ2) is 5.72. The molecule has 1 aliphatic carbocycles. The van der Waals surface area contributed by atoms with Gasteiger partial charge in [0, 0.05) is 24.5 Å². The summed E-state index contributed by atoms with van der Waals surface area (Å²) >= 11 is 1.30. The van der Waals surface area contributed by atoms with Crippen molar-refractivity contribution in [1.82, 2.24) is 20.1 Å². The van der Waals surface area contributed by atoms with Gasteiger partial charge in [-0.25, -0.2) is 4.98 Å². The van der Waals surface area contributed by atoms with Crippen LogP contribution in [0.25, 0.3) is 0 Å². The lowest BCUT2D eigenvalue weighted by molar-refractivity contribution is 0.0941. The van der Waals surface area contributed by atoms with E-state index >= 15 is 0 Å². The molecule has 1 unspecified atom stereocenters. The topological polar surface area (TPSA) is 97.9 Å². The van der Waals surface area contributed by atoms with Crippen LogP contribution in [0.2, 0.25) is 0 Å². The van der Waals surface area contributed by atoms with Gasteiger partial charge in [-0.05, 0) is 25.8 Å². The predicted octanol–water partition coefficient (Wildman–Crippen LogP) is 1.31. The summed E-state index contributed by atoms with van der Waals surface area (Å²) in [6.45, 7) is 2.55. The van der Waals surface area contributed by atoms with Gasteiger partial charge in [0.25, 0.3) is 5.91 Å². The van der Waals surface area contributed by atoms with E-state index in [0.29, 0.717) is 17.5 Å². The molecular weight excluding hydrogens is 288 g/mol. The number of rotatable bonds is 6. The number of carbonyl (C=O) groups is 1. The number of nitrogens with one attached hydrogen (secondary N) is 2.